The van der Waals surface area contributed by atoms with Crippen LogP contribution in [0.15, 0.2) is 47.2 Å². The predicted octanol–water partition coefficient (Wildman–Crippen LogP) is 1.99. The van der Waals surface area contributed by atoms with Gasteiger partial charge in [0.25, 0.3) is 0 Å². The van der Waals surface area contributed by atoms with Crippen LogP contribution in [-0.2, 0) is 17.9 Å². The third-order valence-corrected chi connectivity index (χ3v) is 6.32. The van der Waals surface area contributed by atoms with Gasteiger partial charge in [-0.15, -0.1) is 0 Å². The topological polar surface area (TPSA) is 90.7 Å². The Labute approximate surface area is 176 Å². The number of aromatic nitrogens is 1. The summed E-state index contributed by atoms with van der Waals surface area (Å²) in [6, 6.07) is 9.16. The summed E-state index contributed by atoms with van der Waals surface area (Å²) in [4.78, 5) is 33.5. The van der Waals surface area contributed by atoms with Crippen molar-refractivity contribution in [1.82, 2.24) is 25.4 Å². The first-order valence-corrected chi connectivity index (χ1v) is 10.5. The molecule has 1 unspecified atom stereocenters. The number of carbonyl (C=O) groups is 2. The lowest BCUT2D eigenvalue weighted by atomic mass is 9.76. The number of likely N-dealkylation sites (tertiary alicyclic amines) is 2. The van der Waals surface area contributed by atoms with Gasteiger partial charge in [0.1, 0.15) is 5.76 Å². The molecule has 1 spiro atoms. The molecule has 2 aromatic heterocycles. The number of likely N-dealkylation sites (N-methyl/N-ethyl adjacent to an activating group) is 1. The number of pyridine rings is 1. The molecule has 2 aliphatic rings. The summed E-state index contributed by atoms with van der Waals surface area (Å²) in [5, 5.41) is 5.94. The van der Waals surface area contributed by atoms with Gasteiger partial charge >= 0.3 is 6.03 Å². The molecular formula is C22H29N5O3. The molecular weight excluding hydrogens is 382 g/mol. The number of hydrogen-bond donors (Lipinski definition) is 2. The van der Waals surface area contributed by atoms with Crippen molar-refractivity contribution in [3.63, 3.8) is 0 Å². The molecule has 1 atom stereocenters. The number of amides is 3. The minimum Gasteiger partial charge on any atom is -0.467 e. The second-order valence-corrected chi connectivity index (χ2v) is 8.40. The zero-order valence-corrected chi connectivity index (χ0v) is 17.3. The Hall–Kier alpha value is -2.87. The molecule has 2 saturated heterocycles. The largest absolute Gasteiger partial charge is 0.467 e. The number of urea groups is 1. The van der Waals surface area contributed by atoms with Gasteiger partial charge in [-0.1, -0.05) is 6.07 Å². The molecule has 8 nitrogen and oxygen atoms in total. The van der Waals surface area contributed by atoms with E-state index in [1.807, 2.05) is 42.3 Å². The van der Waals surface area contributed by atoms with Crippen LogP contribution in [0.2, 0.25) is 0 Å². The van der Waals surface area contributed by atoms with Gasteiger partial charge < -0.3 is 20.0 Å². The SMILES string of the molecule is CN1CC2(CCN(C(=O)NCc3ccco3)CC2)CC1C(=O)NCc1ccccn1. The first kappa shape index (κ1) is 20.4. The Kier molecular flexibility index (Phi) is 6.03. The maximum absolute atomic E-state index is 12.8. The Bertz CT molecular complexity index is 847. The predicted molar refractivity (Wildman–Crippen MR) is 111 cm³/mol. The lowest BCUT2D eigenvalue weighted by Gasteiger charge is -2.39. The molecule has 0 aliphatic carbocycles. The summed E-state index contributed by atoms with van der Waals surface area (Å²) >= 11 is 0. The molecule has 3 amide bonds. The van der Waals surface area contributed by atoms with Gasteiger partial charge in [-0.05, 0) is 56.0 Å². The molecule has 2 N–H and O–H groups in total. The fourth-order valence-electron chi connectivity index (χ4n) is 4.59. The molecule has 0 radical (unpaired) electrons. The summed E-state index contributed by atoms with van der Waals surface area (Å²) in [6.45, 7) is 3.14. The maximum atomic E-state index is 12.8. The van der Waals surface area contributed by atoms with Crippen LogP contribution >= 0.6 is 0 Å². The Morgan fingerprint density at radius 3 is 2.70 bits per heavy atom. The smallest absolute Gasteiger partial charge is 0.317 e. The summed E-state index contributed by atoms with van der Waals surface area (Å²) in [5.41, 5.74) is 0.953. The van der Waals surface area contributed by atoms with Gasteiger partial charge in [0.05, 0.1) is 31.1 Å². The van der Waals surface area contributed by atoms with E-state index in [1.165, 1.54) is 0 Å². The van der Waals surface area contributed by atoms with Gasteiger partial charge in [0.2, 0.25) is 5.91 Å². The minimum absolute atomic E-state index is 0.0543. The van der Waals surface area contributed by atoms with Crippen molar-refractivity contribution in [3.8, 4) is 0 Å². The van der Waals surface area contributed by atoms with Crippen molar-refractivity contribution >= 4 is 11.9 Å². The molecule has 2 aromatic rings. The molecule has 8 heteroatoms. The van der Waals surface area contributed by atoms with E-state index in [9.17, 15) is 9.59 Å². The summed E-state index contributed by atoms with van der Waals surface area (Å²) in [7, 11) is 2.02. The number of rotatable bonds is 5. The van der Waals surface area contributed by atoms with E-state index >= 15 is 0 Å². The van der Waals surface area contributed by atoms with Crippen molar-refractivity contribution < 1.29 is 14.0 Å². The van der Waals surface area contributed by atoms with Gasteiger partial charge in [0.15, 0.2) is 0 Å². The number of carbonyl (C=O) groups excluding carboxylic acids is 2. The van der Waals surface area contributed by atoms with E-state index in [0.717, 1.165) is 37.3 Å². The Balaban J connectivity index is 1.26. The normalized spacial score (nSPS) is 21.0. The zero-order valence-electron chi connectivity index (χ0n) is 17.3. The highest BCUT2D eigenvalue weighted by Gasteiger charge is 2.47. The van der Waals surface area contributed by atoms with E-state index in [4.69, 9.17) is 4.42 Å². The number of piperidine rings is 1. The van der Waals surface area contributed by atoms with Crippen LogP contribution < -0.4 is 10.6 Å². The minimum atomic E-state index is -0.131. The quantitative estimate of drug-likeness (QED) is 0.785. The van der Waals surface area contributed by atoms with Crippen LogP contribution in [0.25, 0.3) is 0 Å². The number of hydrogen-bond acceptors (Lipinski definition) is 5. The number of nitrogens with zero attached hydrogens (tertiary/aromatic N) is 3. The third-order valence-electron chi connectivity index (χ3n) is 6.32. The van der Waals surface area contributed by atoms with Crippen molar-refractivity contribution in [2.75, 3.05) is 26.7 Å². The van der Waals surface area contributed by atoms with Crippen molar-refractivity contribution in [2.45, 2.75) is 38.4 Å². The third kappa shape index (κ3) is 4.64. The van der Waals surface area contributed by atoms with E-state index in [1.54, 1.807) is 12.5 Å². The second-order valence-electron chi connectivity index (χ2n) is 8.40. The molecule has 4 heterocycles. The highest BCUT2D eigenvalue weighted by molar-refractivity contribution is 5.82. The highest BCUT2D eigenvalue weighted by Crippen LogP contribution is 2.42. The Morgan fingerprint density at radius 2 is 2.00 bits per heavy atom. The van der Waals surface area contributed by atoms with Crippen molar-refractivity contribution in [2.24, 2.45) is 5.41 Å². The van der Waals surface area contributed by atoms with Crippen molar-refractivity contribution in [3.05, 3.63) is 54.2 Å². The maximum Gasteiger partial charge on any atom is 0.317 e. The molecule has 2 fully saturated rings. The Morgan fingerprint density at radius 1 is 1.17 bits per heavy atom. The molecule has 0 bridgehead atoms. The van der Waals surface area contributed by atoms with Gasteiger partial charge in [-0.25, -0.2) is 4.79 Å². The molecule has 0 saturated carbocycles. The summed E-state index contributed by atoms with van der Waals surface area (Å²) in [5.74, 6) is 0.799. The van der Waals surface area contributed by atoms with Crippen molar-refractivity contribution in [1.29, 1.82) is 0 Å². The van der Waals surface area contributed by atoms with Crippen LogP contribution in [0.4, 0.5) is 4.79 Å². The lowest BCUT2D eigenvalue weighted by Crippen LogP contribution is -2.47. The number of nitrogens with one attached hydrogen (secondary N) is 2. The second kappa shape index (κ2) is 8.87. The van der Waals surface area contributed by atoms with E-state index in [0.29, 0.717) is 26.2 Å². The first-order chi connectivity index (χ1) is 14.5. The molecule has 30 heavy (non-hydrogen) atoms. The molecule has 160 valence electrons. The fourth-order valence-corrected chi connectivity index (χ4v) is 4.59. The van der Waals surface area contributed by atoms with E-state index in [2.05, 4.69) is 20.5 Å². The highest BCUT2D eigenvalue weighted by atomic mass is 16.3. The van der Waals surface area contributed by atoms with E-state index < -0.39 is 0 Å². The van der Waals surface area contributed by atoms with Crippen LogP contribution in [-0.4, -0.2) is 59.4 Å². The first-order valence-electron chi connectivity index (χ1n) is 10.5. The summed E-state index contributed by atoms with van der Waals surface area (Å²) < 4.78 is 5.26. The zero-order chi connectivity index (χ0) is 21.0. The molecule has 2 aliphatic heterocycles. The van der Waals surface area contributed by atoms with Crippen LogP contribution in [0.3, 0.4) is 0 Å². The standard InChI is InChI=1S/C22H29N5O3/c1-26-16-22(13-19(26)20(28)24-14-17-5-2-3-9-23-17)7-10-27(11-8-22)21(29)25-15-18-6-4-12-30-18/h2-6,9,12,19H,7-8,10-11,13-16H2,1H3,(H,24,28)(H,25,29). The van der Waals surface area contributed by atoms with E-state index in [-0.39, 0.29) is 23.4 Å². The van der Waals surface area contributed by atoms with Crippen LogP contribution in [0, 0.1) is 5.41 Å². The molecule has 0 aromatic carbocycles. The van der Waals surface area contributed by atoms with Gasteiger partial charge in [-0.3, -0.25) is 14.7 Å². The van der Waals surface area contributed by atoms with Gasteiger partial charge in [0, 0.05) is 25.8 Å². The lowest BCUT2D eigenvalue weighted by molar-refractivity contribution is -0.125. The average molecular weight is 412 g/mol. The van der Waals surface area contributed by atoms with Crippen LogP contribution in [0.1, 0.15) is 30.7 Å². The fraction of sp³-hybridized carbons (Fsp3) is 0.500. The monoisotopic (exact) mass is 411 g/mol. The molecule has 4 rings (SSSR count). The average Bonchev–Trinajstić information content (AvgIpc) is 3.39. The van der Waals surface area contributed by atoms with Crippen LogP contribution in [0.5, 0.6) is 0 Å². The summed E-state index contributed by atoms with van der Waals surface area (Å²) in [6.07, 6.45) is 5.99. The van der Waals surface area contributed by atoms with Gasteiger partial charge in [-0.2, -0.15) is 0 Å². The number of furan rings is 1.